The molecule has 126 valence electrons. The fourth-order valence-corrected chi connectivity index (χ4v) is 5.90. The first-order valence-electron chi connectivity index (χ1n) is 8.54. The molecule has 7 heteroatoms. The summed E-state index contributed by atoms with van der Waals surface area (Å²) >= 11 is 0. The van der Waals surface area contributed by atoms with Crippen LogP contribution in [0.5, 0.6) is 0 Å². The molecule has 1 amide bonds. The van der Waals surface area contributed by atoms with E-state index >= 15 is 0 Å². The van der Waals surface area contributed by atoms with Gasteiger partial charge in [0.15, 0.2) is 15.5 Å². The lowest BCUT2D eigenvalue weighted by Crippen LogP contribution is -2.58. The Morgan fingerprint density at radius 1 is 1.09 bits per heavy atom. The van der Waals surface area contributed by atoms with Crippen LogP contribution in [-0.2, 0) is 9.84 Å². The van der Waals surface area contributed by atoms with Crippen molar-refractivity contribution in [2.24, 2.45) is 0 Å². The van der Waals surface area contributed by atoms with Crippen LogP contribution in [0.4, 0.5) is 0 Å². The average molecular weight is 338 g/mol. The molecule has 0 atom stereocenters. The lowest BCUT2D eigenvalue weighted by Gasteiger charge is -2.40. The van der Waals surface area contributed by atoms with Crippen LogP contribution in [0.15, 0.2) is 10.6 Å². The highest BCUT2D eigenvalue weighted by molar-refractivity contribution is 7.92. The Kier molecular flexibility index (Phi) is 3.70. The van der Waals surface area contributed by atoms with Crippen molar-refractivity contribution in [1.82, 2.24) is 10.1 Å². The van der Waals surface area contributed by atoms with Crippen LogP contribution in [0.1, 0.15) is 67.1 Å². The van der Waals surface area contributed by atoms with Crippen LogP contribution in [-0.4, -0.2) is 48.0 Å². The number of sulfone groups is 1. The number of aromatic nitrogens is 1. The molecular formula is C16H22N2O4S. The van der Waals surface area contributed by atoms with Gasteiger partial charge in [0.05, 0.1) is 10.5 Å². The van der Waals surface area contributed by atoms with Gasteiger partial charge in [-0.15, -0.1) is 0 Å². The maximum atomic E-state index is 12.6. The van der Waals surface area contributed by atoms with Crippen LogP contribution in [0.2, 0.25) is 0 Å². The summed E-state index contributed by atoms with van der Waals surface area (Å²) in [6.07, 6.45) is 6.88. The first-order valence-corrected chi connectivity index (χ1v) is 10.2. The van der Waals surface area contributed by atoms with Crippen molar-refractivity contribution < 1.29 is 17.7 Å². The molecule has 3 fully saturated rings. The van der Waals surface area contributed by atoms with Gasteiger partial charge in [-0.2, -0.15) is 0 Å². The molecule has 2 saturated carbocycles. The summed E-state index contributed by atoms with van der Waals surface area (Å²) in [6, 6.07) is 1.71. The van der Waals surface area contributed by atoms with Crippen LogP contribution in [0.3, 0.4) is 0 Å². The lowest BCUT2D eigenvalue weighted by atomic mass is 10.0. The molecule has 0 unspecified atom stereocenters. The monoisotopic (exact) mass is 338 g/mol. The second-order valence-electron chi connectivity index (χ2n) is 7.07. The van der Waals surface area contributed by atoms with Gasteiger partial charge in [-0.1, -0.05) is 24.4 Å². The van der Waals surface area contributed by atoms with E-state index in [1.165, 1.54) is 0 Å². The van der Waals surface area contributed by atoms with Gasteiger partial charge in [-0.05, 0) is 25.7 Å². The Morgan fingerprint density at radius 3 is 2.43 bits per heavy atom. The predicted molar refractivity (Wildman–Crippen MR) is 84.0 cm³/mol. The molecule has 6 nitrogen and oxygen atoms in total. The normalized spacial score (nSPS) is 23.7. The number of hydrogen-bond donors (Lipinski definition) is 0. The molecule has 2 aliphatic carbocycles. The maximum Gasteiger partial charge on any atom is 0.276 e. The van der Waals surface area contributed by atoms with E-state index in [0.717, 1.165) is 50.7 Å². The minimum absolute atomic E-state index is 0.202. The standard InChI is InChI=1S/C16H22N2O4S/c19-16(14-8-15(22-17-14)11-6-7-11)18-9-13(10-18)23(20,21)12-4-2-1-3-5-12/h8,11-13H,1-7,9-10H2. The predicted octanol–water partition coefficient (Wildman–Crippen LogP) is 2.12. The molecule has 1 saturated heterocycles. The van der Waals surface area contributed by atoms with Crippen LogP contribution >= 0.6 is 0 Å². The van der Waals surface area contributed by atoms with Gasteiger partial charge >= 0.3 is 0 Å². The fourth-order valence-electron chi connectivity index (χ4n) is 3.59. The molecule has 0 N–H and O–H groups in total. The highest BCUT2D eigenvalue weighted by atomic mass is 32.2. The summed E-state index contributed by atoms with van der Waals surface area (Å²) in [7, 11) is -3.11. The first-order chi connectivity index (χ1) is 11.1. The largest absolute Gasteiger partial charge is 0.360 e. The number of rotatable bonds is 4. The highest BCUT2D eigenvalue weighted by Crippen LogP contribution is 2.40. The fraction of sp³-hybridized carbons (Fsp3) is 0.750. The third kappa shape index (κ3) is 2.79. The summed E-state index contributed by atoms with van der Waals surface area (Å²) in [4.78, 5) is 13.9. The number of carbonyl (C=O) groups is 1. The Hall–Kier alpha value is -1.37. The highest BCUT2D eigenvalue weighted by Gasteiger charge is 2.44. The van der Waals surface area contributed by atoms with Crippen molar-refractivity contribution in [3.63, 3.8) is 0 Å². The number of nitrogens with zero attached hydrogens (tertiary/aromatic N) is 2. The summed E-state index contributed by atoms with van der Waals surface area (Å²) in [6.45, 7) is 0.590. The number of hydrogen-bond acceptors (Lipinski definition) is 5. The Bertz CT molecular complexity index is 695. The van der Waals surface area contributed by atoms with Gasteiger partial charge in [-0.25, -0.2) is 8.42 Å². The second kappa shape index (κ2) is 5.61. The summed E-state index contributed by atoms with van der Waals surface area (Å²) in [5, 5.41) is 3.24. The summed E-state index contributed by atoms with van der Waals surface area (Å²) < 4.78 is 30.4. The van der Waals surface area contributed by atoms with Crippen molar-refractivity contribution in [3.05, 3.63) is 17.5 Å². The summed E-state index contributed by atoms with van der Waals surface area (Å²) in [5.74, 6) is 0.982. The van der Waals surface area contributed by atoms with E-state index in [4.69, 9.17) is 4.52 Å². The van der Waals surface area contributed by atoms with Crippen LogP contribution in [0, 0.1) is 0 Å². The van der Waals surface area contributed by atoms with E-state index in [-0.39, 0.29) is 11.2 Å². The molecule has 0 aromatic carbocycles. The Labute approximate surface area is 136 Å². The Morgan fingerprint density at radius 2 is 1.78 bits per heavy atom. The van der Waals surface area contributed by atoms with Gasteiger partial charge < -0.3 is 9.42 Å². The van der Waals surface area contributed by atoms with E-state index in [1.54, 1.807) is 11.0 Å². The van der Waals surface area contributed by atoms with Gasteiger partial charge in [-0.3, -0.25) is 4.79 Å². The molecule has 4 rings (SSSR count). The first kappa shape index (κ1) is 15.2. The molecule has 1 aromatic heterocycles. The van der Waals surface area contributed by atoms with E-state index in [0.29, 0.717) is 24.7 Å². The van der Waals surface area contributed by atoms with E-state index in [9.17, 15) is 13.2 Å². The number of carbonyl (C=O) groups excluding carboxylic acids is 1. The molecule has 0 spiro atoms. The summed E-state index contributed by atoms with van der Waals surface area (Å²) in [5.41, 5.74) is 0.306. The van der Waals surface area contributed by atoms with Gasteiger partial charge in [0, 0.05) is 25.1 Å². The zero-order valence-corrected chi connectivity index (χ0v) is 13.9. The van der Waals surface area contributed by atoms with Gasteiger partial charge in [0.2, 0.25) is 0 Å². The molecule has 0 radical (unpaired) electrons. The minimum atomic E-state index is -3.11. The third-order valence-corrected chi connectivity index (χ3v) is 7.97. The molecule has 1 aliphatic heterocycles. The molecule has 23 heavy (non-hydrogen) atoms. The molecule has 1 aromatic rings. The van der Waals surface area contributed by atoms with E-state index in [2.05, 4.69) is 5.16 Å². The van der Waals surface area contributed by atoms with E-state index < -0.39 is 15.1 Å². The zero-order chi connectivity index (χ0) is 16.0. The molecule has 3 aliphatic rings. The third-order valence-electron chi connectivity index (χ3n) is 5.34. The van der Waals surface area contributed by atoms with Crippen molar-refractivity contribution in [2.45, 2.75) is 61.4 Å². The molecule has 2 heterocycles. The van der Waals surface area contributed by atoms with Gasteiger partial charge in [0.1, 0.15) is 5.76 Å². The number of amides is 1. The smallest absolute Gasteiger partial charge is 0.276 e. The number of likely N-dealkylation sites (tertiary alicyclic amines) is 1. The second-order valence-corrected chi connectivity index (χ2v) is 9.58. The lowest BCUT2D eigenvalue weighted by molar-refractivity contribution is 0.0647. The minimum Gasteiger partial charge on any atom is -0.360 e. The van der Waals surface area contributed by atoms with E-state index in [1.807, 2.05) is 0 Å². The van der Waals surface area contributed by atoms with Crippen molar-refractivity contribution in [3.8, 4) is 0 Å². The average Bonchev–Trinajstić information content (AvgIpc) is 3.23. The molecular weight excluding hydrogens is 316 g/mol. The SMILES string of the molecule is O=C(c1cc(C2CC2)on1)N1CC(S(=O)(=O)C2CCCCC2)C1. The quantitative estimate of drug-likeness (QED) is 0.840. The van der Waals surface area contributed by atoms with Crippen LogP contribution in [0.25, 0.3) is 0 Å². The maximum absolute atomic E-state index is 12.6. The van der Waals surface area contributed by atoms with Gasteiger partial charge in [0.25, 0.3) is 5.91 Å². The van der Waals surface area contributed by atoms with Crippen LogP contribution < -0.4 is 0 Å². The molecule has 0 bridgehead atoms. The van der Waals surface area contributed by atoms with Crippen molar-refractivity contribution >= 4 is 15.7 Å². The van der Waals surface area contributed by atoms with Crippen molar-refractivity contribution in [1.29, 1.82) is 0 Å². The Balaban J connectivity index is 1.37. The topological polar surface area (TPSA) is 80.5 Å². The zero-order valence-electron chi connectivity index (χ0n) is 13.1. The van der Waals surface area contributed by atoms with Crippen molar-refractivity contribution in [2.75, 3.05) is 13.1 Å².